The van der Waals surface area contributed by atoms with Crippen LogP contribution in [0.3, 0.4) is 0 Å². The van der Waals surface area contributed by atoms with E-state index in [1.165, 1.54) is 0 Å². The molecule has 1 aliphatic heterocycles. The van der Waals surface area contributed by atoms with Crippen LogP contribution in [0.25, 0.3) is 0 Å². The fourth-order valence-electron chi connectivity index (χ4n) is 2.32. The van der Waals surface area contributed by atoms with Gasteiger partial charge in [-0.2, -0.15) is 0 Å². The van der Waals surface area contributed by atoms with Crippen molar-refractivity contribution in [1.29, 1.82) is 0 Å². The van der Waals surface area contributed by atoms with E-state index in [4.69, 9.17) is 0 Å². The Morgan fingerprint density at radius 2 is 2.06 bits per heavy atom. The number of hydrogen-bond acceptors (Lipinski definition) is 3. The number of carbonyl (C=O) groups excluding carboxylic acids is 1. The summed E-state index contributed by atoms with van der Waals surface area (Å²) in [6, 6.07) is 6.97. The third-order valence-electron chi connectivity index (χ3n) is 3.49. The van der Waals surface area contributed by atoms with Gasteiger partial charge in [-0.25, -0.2) is 0 Å². The van der Waals surface area contributed by atoms with E-state index in [-0.39, 0.29) is 23.6 Å². The van der Waals surface area contributed by atoms with Crippen LogP contribution in [0.5, 0.6) is 5.75 Å². The van der Waals surface area contributed by atoms with Crippen LogP contribution in [-0.4, -0.2) is 29.6 Å². The Balaban J connectivity index is 1.94. The Morgan fingerprint density at radius 1 is 1.39 bits per heavy atom. The monoisotopic (exact) mass is 248 g/mol. The van der Waals surface area contributed by atoms with E-state index in [0.717, 1.165) is 25.9 Å². The summed E-state index contributed by atoms with van der Waals surface area (Å²) in [6.45, 7) is 3.96. The largest absolute Gasteiger partial charge is 0.508 e. The summed E-state index contributed by atoms with van der Waals surface area (Å²) < 4.78 is 0. The maximum Gasteiger partial charge on any atom is 0.224 e. The maximum absolute atomic E-state index is 12.0. The highest BCUT2D eigenvalue weighted by Gasteiger charge is 2.28. The highest BCUT2D eigenvalue weighted by atomic mass is 16.3. The number of amides is 1. The average molecular weight is 248 g/mol. The zero-order chi connectivity index (χ0) is 13.0. The standard InChI is InChI=1S/C14H20N2O2/c1-14(6-8-15-9-7-14)16-13(18)10-11-4-2-3-5-12(11)17/h2-5,15,17H,6-10H2,1H3,(H,16,18). The first-order chi connectivity index (χ1) is 8.59. The lowest BCUT2D eigenvalue weighted by atomic mass is 9.90. The van der Waals surface area contributed by atoms with Gasteiger partial charge in [0.2, 0.25) is 5.91 Å². The van der Waals surface area contributed by atoms with E-state index >= 15 is 0 Å². The lowest BCUT2D eigenvalue weighted by Gasteiger charge is -2.35. The molecule has 0 atom stereocenters. The lowest BCUT2D eigenvalue weighted by Crippen LogP contribution is -2.52. The van der Waals surface area contributed by atoms with Crippen LogP contribution < -0.4 is 10.6 Å². The first kappa shape index (κ1) is 12.9. The molecule has 1 amide bonds. The van der Waals surface area contributed by atoms with E-state index in [1.54, 1.807) is 18.2 Å². The number of para-hydroxylation sites is 1. The van der Waals surface area contributed by atoms with Crippen LogP contribution in [0, 0.1) is 0 Å². The predicted octanol–water partition coefficient (Wildman–Crippen LogP) is 1.19. The van der Waals surface area contributed by atoms with E-state index in [1.807, 2.05) is 6.07 Å². The fraction of sp³-hybridized carbons (Fsp3) is 0.500. The number of aromatic hydroxyl groups is 1. The van der Waals surface area contributed by atoms with E-state index < -0.39 is 0 Å². The molecule has 1 heterocycles. The van der Waals surface area contributed by atoms with Crippen molar-refractivity contribution in [2.75, 3.05) is 13.1 Å². The van der Waals surface area contributed by atoms with Crippen molar-refractivity contribution < 1.29 is 9.90 Å². The van der Waals surface area contributed by atoms with Crippen molar-refractivity contribution >= 4 is 5.91 Å². The molecule has 1 fully saturated rings. The summed E-state index contributed by atoms with van der Waals surface area (Å²) in [4.78, 5) is 12.0. The van der Waals surface area contributed by atoms with E-state index in [2.05, 4.69) is 17.6 Å². The Morgan fingerprint density at radius 3 is 2.72 bits per heavy atom. The molecule has 98 valence electrons. The Kier molecular flexibility index (Phi) is 3.87. The number of phenolic OH excluding ortho intramolecular Hbond substituents is 1. The van der Waals surface area contributed by atoms with Gasteiger partial charge in [0.05, 0.1) is 6.42 Å². The van der Waals surface area contributed by atoms with Crippen molar-refractivity contribution in [3.8, 4) is 5.75 Å². The minimum Gasteiger partial charge on any atom is -0.508 e. The number of nitrogens with one attached hydrogen (secondary N) is 2. The Hall–Kier alpha value is -1.55. The number of rotatable bonds is 3. The quantitative estimate of drug-likeness (QED) is 0.753. The number of hydrogen-bond donors (Lipinski definition) is 3. The molecule has 0 spiro atoms. The third kappa shape index (κ3) is 3.23. The van der Waals surface area contributed by atoms with Gasteiger partial charge in [0, 0.05) is 11.1 Å². The first-order valence-electron chi connectivity index (χ1n) is 6.38. The minimum absolute atomic E-state index is 0.0269. The molecule has 4 nitrogen and oxygen atoms in total. The molecule has 1 aromatic rings. The van der Waals surface area contributed by atoms with Crippen LogP contribution in [-0.2, 0) is 11.2 Å². The Bertz CT molecular complexity index is 426. The summed E-state index contributed by atoms with van der Waals surface area (Å²) in [5, 5.41) is 16.0. The van der Waals surface area contributed by atoms with Gasteiger partial charge in [-0.15, -0.1) is 0 Å². The SMILES string of the molecule is CC1(NC(=O)Cc2ccccc2O)CCNCC1. The van der Waals surface area contributed by atoms with Gasteiger partial charge in [-0.05, 0) is 38.9 Å². The fourth-order valence-corrected chi connectivity index (χ4v) is 2.32. The highest BCUT2D eigenvalue weighted by Crippen LogP contribution is 2.19. The van der Waals surface area contributed by atoms with Gasteiger partial charge >= 0.3 is 0 Å². The molecule has 1 aliphatic rings. The molecule has 0 saturated carbocycles. The van der Waals surface area contributed by atoms with Crippen LogP contribution in [0.15, 0.2) is 24.3 Å². The van der Waals surface area contributed by atoms with Crippen molar-refractivity contribution in [2.24, 2.45) is 0 Å². The predicted molar refractivity (Wildman–Crippen MR) is 70.5 cm³/mol. The van der Waals surface area contributed by atoms with Gasteiger partial charge in [0.15, 0.2) is 0 Å². The summed E-state index contributed by atoms with van der Waals surface area (Å²) >= 11 is 0. The minimum atomic E-state index is -0.118. The molecule has 18 heavy (non-hydrogen) atoms. The van der Waals surface area contributed by atoms with Crippen molar-refractivity contribution in [3.63, 3.8) is 0 Å². The van der Waals surface area contributed by atoms with E-state index in [0.29, 0.717) is 5.56 Å². The van der Waals surface area contributed by atoms with Gasteiger partial charge in [-0.1, -0.05) is 18.2 Å². The number of piperidine rings is 1. The zero-order valence-electron chi connectivity index (χ0n) is 10.7. The van der Waals surface area contributed by atoms with E-state index in [9.17, 15) is 9.90 Å². The van der Waals surface area contributed by atoms with Gasteiger partial charge < -0.3 is 15.7 Å². The van der Waals surface area contributed by atoms with Gasteiger partial charge in [0.1, 0.15) is 5.75 Å². The molecule has 0 radical (unpaired) electrons. The topological polar surface area (TPSA) is 61.4 Å². The molecule has 3 N–H and O–H groups in total. The van der Waals surface area contributed by atoms with Crippen molar-refractivity contribution in [1.82, 2.24) is 10.6 Å². The molecule has 0 aromatic heterocycles. The molecule has 0 unspecified atom stereocenters. The van der Waals surface area contributed by atoms with Gasteiger partial charge in [0.25, 0.3) is 0 Å². The highest BCUT2D eigenvalue weighted by molar-refractivity contribution is 5.80. The lowest BCUT2D eigenvalue weighted by molar-refractivity contribution is -0.122. The summed E-state index contributed by atoms with van der Waals surface area (Å²) in [6.07, 6.45) is 2.12. The third-order valence-corrected chi connectivity index (χ3v) is 3.49. The molecule has 4 heteroatoms. The average Bonchev–Trinajstić information content (AvgIpc) is 2.32. The first-order valence-corrected chi connectivity index (χ1v) is 6.38. The Labute approximate surface area is 107 Å². The molecule has 2 rings (SSSR count). The number of phenols is 1. The smallest absolute Gasteiger partial charge is 0.224 e. The summed E-state index contributed by atoms with van der Waals surface area (Å²) in [5.74, 6) is 0.156. The second-order valence-corrected chi connectivity index (χ2v) is 5.16. The molecule has 1 saturated heterocycles. The maximum atomic E-state index is 12.0. The molecular formula is C14H20N2O2. The summed E-state index contributed by atoms with van der Waals surface area (Å²) in [5.41, 5.74) is 0.555. The molecule has 1 aromatic carbocycles. The summed E-state index contributed by atoms with van der Waals surface area (Å²) in [7, 11) is 0. The molecular weight excluding hydrogens is 228 g/mol. The van der Waals surface area contributed by atoms with Crippen LogP contribution in [0.4, 0.5) is 0 Å². The normalized spacial score (nSPS) is 18.3. The van der Waals surface area contributed by atoms with Crippen LogP contribution >= 0.6 is 0 Å². The molecule has 0 bridgehead atoms. The number of benzene rings is 1. The zero-order valence-corrected chi connectivity index (χ0v) is 10.7. The van der Waals surface area contributed by atoms with Crippen LogP contribution in [0.2, 0.25) is 0 Å². The van der Waals surface area contributed by atoms with Crippen molar-refractivity contribution in [3.05, 3.63) is 29.8 Å². The second-order valence-electron chi connectivity index (χ2n) is 5.16. The van der Waals surface area contributed by atoms with Gasteiger partial charge in [-0.3, -0.25) is 4.79 Å². The van der Waals surface area contributed by atoms with Crippen LogP contribution in [0.1, 0.15) is 25.3 Å². The molecule has 0 aliphatic carbocycles. The number of carbonyl (C=O) groups is 1. The second kappa shape index (κ2) is 5.40. The van der Waals surface area contributed by atoms with Crippen molar-refractivity contribution in [2.45, 2.75) is 31.7 Å².